The topological polar surface area (TPSA) is 49.2 Å². The Morgan fingerprint density at radius 2 is 1.93 bits per heavy atom. The van der Waals surface area contributed by atoms with Crippen LogP contribution in [-0.2, 0) is 11.5 Å². The summed E-state index contributed by atoms with van der Waals surface area (Å²) in [4.78, 5) is 3.90. The van der Waals surface area contributed by atoms with E-state index in [4.69, 9.17) is 9.47 Å². The third-order valence-electron chi connectivity index (χ3n) is 3.38. The number of ether oxygens (including phenoxy) is 2. The summed E-state index contributed by atoms with van der Waals surface area (Å²) in [7, 11) is -1.31. The van der Waals surface area contributed by atoms with Crippen LogP contribution in [0.15, 0.2) is 22.7 Å². The summed E-state index contributed by atoms with van der Waals surface area (Å²) >= 11 is 3.14. The van der Waals surface area contributed by atoms with Crippen LogP contribution in [0.2, 0.25) is 25.7 Å². The molecule has 0 saturated carbocycles. The number of hydrogen-bond acceptors (Lipinski definition) is 4. The third kappa shape index (κ3) is 7.22. The molecule has 0 unspecified atom stereocenters. The van der Waals surface area contributed by atoms with Crippen LogP contribution in [0.1, 0.15) is 0 Å². The predicted molar refractivity (Wildman–Crippen MR) is 98.8 cm³/mol. The zero-order valence-electron chi connectivity index (χ0n) is 15.1. The molecule has 5 nitrogen and oxygen atoms in total. The Labute approximate surface area is 163 Å². The van der Waals surface area contributed by atoms with Gasteiger partial charge in [0.25, 0.3) is 0 Å². The average Bonchev–Trinajstić information content (AvgIpc) is 2.91. The molecule has 2 aromatic rings. The highest BCUT2D eigenvalue weighted by Gasteiger charge is 2.30. The minimum absolute atomic E-state index is 0.0518. The molecular formula is C16H20BrF4N3O2Si. The highest BCUT2D eigenvalue weighted by Crippen LogP contribution is 2.26. The van der Waals surface area contributed by atoms with Crippen molar-refractivity contribution in [3.05, 3.63) is 28.5 Å². The van der Waals surface area contributed by atoms with Crippen molar-refractivity contribution >= 4 is 24.0 Å². The Morgan fingerprint density at radius 1 is 1.22 bits per heavy atom. The average molecular weight is 470 g/mol. The van der Waals surface area contributed by atoms with Gasteiger partial charge in [0.1, 0.15) is 12.5 Å². The van der Waals surface area contributed by atoms with Crippen molar-refractivity contribution in [2.24, 2.45) is 0 Å². The second kappa shape index (κ2) is 8.70. The molecule has 0 fully saturated rings. The largest absolute Gasteiger partial charge is 0.454 e. The van der Waals surface area contributed by atoms with Gasteiger partial charge in [0.2, 0.25) is 0 Å². The highest BCUT2D eigenvalue weighted by molar-refractivity contribution is 9.10. The molecule has 2 rings (SSSR count). The van der Waals surface area contributed by atoms with E-state index in [0.29, 0.717) is 11.1 Å². The molecule has 1 aromatic heterocycles. The molecule has 0 bridgehead atoms. The first-order chi connectivity index (χ1) is 12.4. The van der Waals surface area contributed by atoms with E-state index in [9.17, 15) is 17.6 Å². The van der Waals surface area contributed by atoms with E-state index in [0.717, 1.165) is 10.7 Å². The van der Waals surface area contributed by atoms with E-state index >= 15 is 0 Å². The molecule has 0 aliphatic heterocycles. The Morgan fingerprint density at radius 3 is 2.52 bits per heavy atom. The van der Waals surface area contributed by atoms with Gasteiger partial charge in [-0.3, -0.25) is 0 Å². The first kappa shape index (κ1) is 21.8. The number of halogens is 5. The standard InChI is InChI=1S/C16H20BrF4N3O2Si/c1-27(2,3)7-6-25-10-24-15(26-9-16(19,20)21)22-14(23-24)12-5-4-11(17)8-13(12)18/h4-5,8H,6-7,9-10H2,1-3H3. The van der Waals surface area contributed by atoms with Crippen molar-refractivity contribution in [3.8, 4) is 17.4 Å². The monoisotopic (exact) mass is 469 g/mol. The molecule has 0 saturated heterocycles. The zero-order chi connectivity index (χ0) is 20.2. The van der Waals surface area contributed by atoms with E-state index in [1.165, 1.54) is 12.1 Å². The van der Waals surface area contributed by atoms with Gasteiger partial charge in [-0.2, -0.15) is 22.8 Å². The summed E-state index contributed by atoms with van der Waals surface area (Å²) in [5.41, 5.74) is 0.0518. The summed E-state index contributed by atoms with van der Waals surface area (Å²) in [6, 6.07) is 4.74. The fraction of sp³-hybridized carbons (Fsp3) is 0.500. The van der Waals surface area contributed by atoms with Crippen LogP contribution in [0.3, 0.4) is 0 Å². The second-order valence-corrected chi connectivity index (χ2v) is 13.6. The quantitative estimate of drug-likeness (QED) is 0.306. The smallest absolute Gasteiger partial charge is 0.422 e. The van der Waals surface area contributed by atoms with Crippen molar-refractivity contribution < 1.29 is 27.0 Å². The van der Waals surface area contributed by atoms with Gasteiger partial charge < -0.3 is 9.47 Å². The number of hydrogen-bond donors (Lipinski definition) is 0. The lowest BCUT2D eigenvalue weighted by Crippen LogP contribution is -2.23. The predicted octanol–water partition coefficient (Wildman–Crippen LogP) is 5.10. The van der Waals surface area contributed by atoms with Gasteiger partial charge in [0, 0.05) is 19.2 Å². The molecule has 1 aromatic carbocycles. The Hall–Kier alpha value is -1.46. The van der Waals surface area contributed by atoms with Crippen LogP contribution in [0, 0.1) is 5.82 Å². The summed E-state index contributed by atoms with van der Waals surface area (Å²) in [5.74, 6) is -0.686. The maximum atomic E-state index is 14.1. The van der Waals surface area contributed by atoms with Crippen LogP contribution < -0.4 is 4.74 Å². The fourth-order valence-electron chi connectivity index (χ4n) is 1.98. The van der Waals surface area contributed by atoms with Gasteiger partial charge in [-0.15, -0.1) is 5.10 Å². The highest BCUT2D eigenvalue weighted by atomic mass is 79.9. The molecule has 0 atom stereocenters. The lowest BCUT2D eigenvalue weighted by Gasteiger charge is -2.15. The minimum atomic E-state index is -4.53. The third-order valence-corrected chi connectivity index (χ3v) is 5.58. The lowest BCUT2D eigenvalue weighted by atomic mass is 10.2. The number of rotatable bonds is 8. The van der Waals surface area contributed by atoms with Crippen LogP contribution >= 0.6 is 15.9 Å². The Balaban J connectivity index is 2.20. The fourth-order valence-corrected chi connectivity index (χ4v) is 3.07. The Bertz CT molecular complexity index is 778. The number of aromatic nitrogens is 3. The van der Waals surface area contributed by atoms with E-state index < -0.39 is 26.7 Å². The molecule has 27 heavy (non-hydrogen) atoms. The first-order valence-electron chi connectivity index (χ1n) is 8.12. The molecule has 1 heterocycles. The minimum Gasteiger partial charge on any atom is -0.454 e. The molecular weight excluding hydrogens is 450 g/mol. The van der Waals surface area contributed by atoms with Gasteiger partial charge in [-0.25, -0.2) is 4.39 Å². The van der Waals surface area contributed by atoms with Crippen molar-refractivity contribution in [3.63, 3.8) is 0 Å². The molecule has 0 amide bonds. The molecule has 0 spiro atoms. The summed E-state index contributed by atoms with van der Waals surface area (Å²) in [6.45, 7) is 5.32. The maximum absolute atomic E-state index is 14.1. The number of nitrogens with zero attached hydrogens (tertiary/aromatic N) is 3. The van der Waals surface area contributed by atoms with E-state index in [1.807, 2.05) is 0 Å². The number of alkyl halides is 3. The van der Waals surface area contributed by atoms with E-state index in [-0.39, 0.29) is 24.1 Å². The number of benzene rings is 1. The van der Waals surface area contributed by atoms with Crippen LogP contribution in [0.4, 0.5) is 17.6 Å². The summed E-state index contributed by atoms with van der Waals surface area (Å²) in [5, 5.41) is 4.05. The molecule has 0 aliphatic rings. The lowest BCUT2D eigenvalue weighted by molar-refractivity contribution is -0.155. The molecule has 11 heteroatoms. The van der Waals surface area contributed by atoms with E-state index in [1.54, 1.807) is 6.07 Å². The zero-order valence-corrected chi connectivity index (χ0v) is 17.7. The van der Waals surface area contributed by atoms with Gasteiger partial charge in [-0.05, 0) is 24.2 Å². The van der Waals surface area contributed by atoms with Gasteiger partial charge in [0.15, 0.2) is 12.4 Å². The maximum Gasteiger partial charge on any atom is 0.422 e. The van der Waals surface area contributed by atoms with Crippen molar-refractivity contribution in [2.45, 2.75) is 38.6 Å². The van der Waals surface area contributed by atoms with Gasteiger partial charge in [0.05, 0.1) is 5.56 Å². The Kier molecular flexibility index (Phi) is 7.03. The molecule has 0 radical (unpaired) electrons. The van der Waals surface area contributed by atoms with Gasteiger partial charge in [-0.1, -0.05) is 35.6 Å². The van der Waals surface area contributed by atoms with Gasteiger partial charge >= 0.3 is 12.2 Å². The molecule has 150 valence electrons. The summed E-state index contributed by atoms with van der Waals surface area (Å²) < 4.78 is 63.4. The van der Waals surface area contributed by atoms with Crippen LogP contribution in [-0.4, -0.2) is 42.2 Å². The van der Waals surface area contributed by atoms with Crippen molar-refractivity contribution in [1.82, 2.24) is 14.8 Å². The normalized spacial score (nSPS) is 12.4. The molecule has 0 N–H and O–H groups in total. The second-order valence-electron chi connectivity index (χ2n) is 7.09. The summed E-state index contributed by atoms with van der Waals surface area (Å²) in [6.07, 6.45) is -4.53. The first-order valence-corrected chi connectivity index (χ1v) is 12.6. The van der Waals surface area contributed by atoms with Crippen LogP contribution in [0.5, 0.6) is 6.01 Å². The SMILES string of the molecule is C[Si](C)(C)CCOCn1nc(-c2ccc(Br)cc2F)nc1OCC(F)(F)F. The van der Waals surface area contributed by atoms with Crippen LogP contribution in [0.25, 0.3) is 11.4 Å². The van der Waals surface area contributed by atoms with Crippen molar-refractivity contribution in [2.75, 3.05) is 13.2 Å². The van der Waals surface area contributed by atoms with E-state index in [2.05, 4.69) is 45.7 Å². The molecule has 0 aliphatic carbocycles. The van der Waals surface area contributed by atoms with Crippen molar-refractivity contribution in [1.29, 1.82) is 0 Å².